The van der Waals surface area contributed by atoms with E-state index in [1.807, 2.05) is 0 Å². The molecule has 1 saturated heterocycles. The summed E-state index contributed by atoms with van der Waals surface area (Å²) in [5.74, 6) is 0.738. The Morgan fingerprint density at radius 2 is 2.54 bits per heavy atom. The molecule has 1 fully saturated rings. The third kappa shape index (κ3) is 1.72. The zero-order valence-electron chi connectivity index (χ0n) is 7.23. The van der Waals surface area contributed by atoms with Gasteiger partial charge in [-0.15, -0.1) is 0 Å². The lowest BCUT2D eigenvalue weighted by atomic mass is 10.2. The van der Waals surface area contributed by atoms with E-state index in [4.69, 9.17) is 0 Å². The van der Waals surface area contributed by atoms with Crippen LogP contribution < -0.4 is 5.32 Å². The van der Waals surface area contributed by atoms with Crippen LogP contribution in [0.4, 0.5) is 0 Å². The Kier molecular flexibility index (Phi) is 2.31. The van der Waals surface area contributed by atoms with Crippen molar-refractivity contribution in [3.05, 3.63) is 23.8 Å². The summed E-state index contributed by atoms with van der Waals surface area (Å²) in [6, 6.07) is 1.85. The van der Waals surface area contributed by atoms with E-state index in [1.54, 1.807) is 12.3 Å². The van der Waals surface area contributed by atoms with Gasteiger partial charge in [-0.25, -0.2) is 9.97 Å². The van der Waals surface area contributed by atoms with Crippen molar-refractivity contribution < 1.29 is 4.79 Å². The van der Waals surface area contributed by atoms with Gasteiger partial charge in [0, 0.05) is 6.20 Å². The normalized spacial score (nSPS) is 21.7. The molecule has 4 heteroatoms. The SMILES string of the molecule is O=Cc1ccnc(C2CCCN2)n1. The second-order valence-electron chi connectivity index (χ2n) is 3.11. The van der Waals surface area contributed by atoms with E-state index in [2.05, 4.69) is 15.3 Å². The Morgan fingerprint density at radius 3 is 3.23 bits per heavy atom. The van der Waals surface area contributed by atoms with Crippen LogP contribution in [0.3, 0.4) is 0 Å². The van der Waals surface area contributed by atoms with E-state index >= 15 is 0 Å². The van der Waals surface area contributed by atoms with Gasteiger partial charge in [0.25, 0.3) is 0 Å². The third-order valence-electron chi connectivity index (χ3n) is 2.19. The van der Waals surface area contributed by atoms with Crippen molar-refractivity contribution in [3.63, 3.8) is 0 Å². The molecule has 1 aromatic rings. The molecule has 1 N–H and O–H groups in total. The maximum atomic E-state index is 10.5. The minimum atomic E-state index is 0.236. The molecule has 0 amide bonds. The third-order valence-corrected chi connectivity index (χ3v) is 2.19. The quantitative estimate of drug-likeness (QED) is 0.676. The van der Waals surface area contributed by atoms with E-state index < -0.39 is 0 Å². The summed E-state index contributed by atoms with van der Waals surface area (Å²) in [4.78, 5) is 18.7. The first-order valence-electron chi connectivity index (χ1n) is 4.41. The van der Waals surface area contributed by atoms with Gasteiger partial charge in [-0.05, 0) is 25.5 Å². The number of nitrogens with zero attached hydrogens (tertiary/aromatic N) is 2. The van der Waals surface area contributed by atoms with Crippen LogP contribution >= 0.6 is 0 Å². The van der Waals surface area contributed by atoms with Gasteiger partial charge in [-0.2, -0.15) is 0 Å². The molecule has 2 heterocycles. The number of nitrogens with one attached hydrogen (secondary N) is 1. The number of hydrogen-bond acceptors (Lipinski definition) is 4. The van der Waals surface area contributed by atoms with Crippen molar-refractivity contribution in [2.75, 3.05) is 6.54 Å². The van der Waals surface area contributed by atoms with Gasteiger partial charge in [0.2, 0.25) is 0 Å². The van der Waals surface area contributed by atoms with Crippen LogP contribution in [0.25, 0.3) is 0 Å². The van der Waals surface area contributed by atoms with E-state index in [9.17, 15) is 4.79 Å². The Balaban J connectivity index is 2.23. The summed E-state index contributed by atoms with van der Waals surface area (Å²) in [5, 5.41) is 3.28. The molecule has 0 radical (unpaired) electrons. The molecular weight excluding hydrogens is 166 g/mol. The van der Waals surface area contributed by atoms with Gasteiger partial charge >= 0.3 is 0 Å². The van der Waals surface area contributed by atoms with Gasteiger partial charge < -0.3 is 5.32 Å². The van der Waals surface area contributed by atoms with Gasteiger partial charge in [-0.1, -0.05) is 0 Å². The molecule has 0 aliphatic carbocycles. The maximum absolute atomic E-state index is 10.5. The number of hydrogen-bond donors (Lipinski definition) is 1. The average molecular weight is 177 g/mol. The van der Waals surface area contributed by atoms with E-state index in [-0.39, 0.29) is 6.04 Å². The molecule has 1 unspecified atom stereocenters. The predicted octanol–water partition coefficient (Wildman–Crippen LogP) is 0.714. The highest BCUT2D eigenvalue weighted by Crippen LogP contribution is 2.18. The minimum absolute atomic E-state index is 0.236. The fourth-order valence-corrected chi connectivity index (χ4v) is 1.53. The lowest BCUT2D eigenvalue weighted by Crippen LogP contribution is -2.16. The van der Waals surface area contributed by atoms with E-state index in [0.29, 0.717) is 5.69 Å². The summed E-state index contributed by atoms with van der Waals surface area (Å²) < 4.78 is 0. The lowest BCUT2D eigenvalue weighted by Gasteiger charge is -2.07. The first-order valence-corrected chi connectivity index (χ1v) is 4.41. The van der Waals surface area contributed by atoms with Gasteiger partial charge in [0.1, 0.15) is 11.5 Å². The number of aldehydes is 1. The van der Waals surface area contributed by atoms with Crippen molar-refractivity contribution in [1.29, 1.82) is 0 Å². The lowest BCUT2D eigenvalue weighted by molar-refractivity contribution is 0.111. The molecule has 0 aromatic carbocycles. The highest BCUT2D eigenvalue weighted by atomic mass is 16.1. The summed E-state index contributed by atoms with van der Waals surface area (Å²) >= 11 is 0. The van der Waals surface area contributed by atoms with Crippen molar-refractivity contribution in [1.82, 2.24) is 15.3 Å². The fraction of sp³-hybridized carbons (Fsp3) is 0.444. The van der Waals surface area contributed by atoms with Crippen LogP contribution in [-0.2, 0) is 0 Å². The van der Waals surface area contributed by atoms with Gasteiger partial charge in [0.05, 0.1) is 6.04 Å². The summed E-state index contributed by atoms with van der Waals surface area (Å²) in [6.07, 6.45) is 4.59. The van der Waals surface area contributed by atoms with Crippen LogP contribution in [-0.4, -0.2) is 22.8 Å². The molecule has 1 aliphatic rings. The fourth-order valence-electron chi connectivity index (χ4n) is 1.53. The van der Waals surface area contributed by atoms with Crippen LogP contribution in [0.1, 0.15) is 35.2 Å². The summed E-state index contributed by atoms with van der Waals surface area (Å²) in [5.41, 5.74) is 0.457. The zero-order chi connectivity index (χ0) is 9.10. The molecule has 68 valence electrons. The number of carbonyl (C=O) groups excluding carboxylic acids is 1. The zero-order valence-corrected chi connectivity index (χ0v) is 7.23. The number of rotatable bonds is 2. The van der Waals surface area contributed by atoms with Crippen LogP contribution in [0.2, 0.25) is 0 Å². The van der Waals surface area contributed by atoms with Gasteiger partial charge in [-0.3, -0.25) is 4.79 Å². The summed E-state index contributed by atoms with van der Waals surface area (Å²) in [7, 11) is 0. The number of carbonyl (C=O) groups is 1. The Morgan fingerprint density at radius 1 is 1.62 bits per heavy atom. The first-order chi connectivity index (χ1) is 6.40. The molecule has 0 bridgehead atoms. The smallest absolute Gasteiger partial charge is 0.168 e. The highest BCUT2D eigenvalue weighted by Gasteiger charge is 2.18. The van der Waals surface area contributed by atoms with Crippen LogP contribution in [0.5, 0.6) is 0 Å². The molecule has 1 aliphatic heterocycles. The molecule has 2 rings (SSSR count). The molecule has 0 spiro atoms. The van der Waals surface area contributed by atoms with Crippen molar-refractivity contribution in [3.8, 4) is 0 Å². The standard InChI is InChI=1S/C9H11N3O/c13-6-7-3-5-11-9(12-7)8-2-1-4-10-8/h3,5-6,8,10H,1-2,4H2. The number of aromatic nitrogens is 2. The monoisotopic (exact) mass is 177 g/mol. The van der Waals surface area contributed by atoms with Gasteiger partial charge in [0.15, 0.2) is 6.29 Å². The minimum Gasteiger partial charge on any atom is -0.307 e. The molecule has 4 nitrogen and oxygen atoms in total. The molecular formula is C9H11N3O. The highest BCUT2D eigenvalue weighted by molar-refractivity contribution is 5.71. The van der Waals surface area contributed by atoms with Crippen LogP contribution in [0, 0.1) is 0 Å². The second kappa shape index (κ2) is 3.62. The van der Waals surface area contributed by atoms with Crippen molar-refractivity contribution in [2.45, 2.75) is 18.9 Å². The average Bonchev–Trinajstić information content (AvgIpc) is 2.71. The summed E-state index contributed by atoms with van der Waals surface area (Å²) in [6.45, 7) is 1.01. The molecule has 1 atom stereocenters. The first kappa shape index (κ1) is 8.31. The second-order valence-corrected chi connectivity index (χ2v) is 3.11. The van der Waals surface area contributed by atoms with Crippen molar-refractivity contribution in [2.24, 2.45) is 0 Å². The maximum Gasteiger partial charge on any atom is 0.168 e. The molecule has 1 aromatic heterocycles. The van der Waals surface area contributed by atoms with Crippen molar-refractivity contribution >= 4 is 6.29 Å². The molecule has 0 saturated carbocycles. The Labute approximate surface area is 76.4 Å². The van der Waals surface area contributed by atoms with Crippen LogP contribution in [0.15, 0.2) is 12.3 Å². The van der Waals surface area contributed by atoms with E-state index in [1.165, 1.54) is 0 Å². The topological polar surface area (TPSA) is 54.9 Å². The largest absolute Gasteiger partial charge is 0.307 e. The Hall–Kier alpha value is -1.29. The predicted molar refractivity (Wildman–Crippen MR) is 47.4 cm³/mol. The molecule has 13 heavy (non-hydrogen) atoms. The Bertz CT molecular complexity index is 307. The van der Waals surface area contributed by atoms with E-state index in [0.717, 1.165) is 31.5 Å².